The van der Waals surface area contributed by atoms with Crippen molar-refractivity contribution in [1.29, 1.82) is 0 Å². The van der Waals surface area contributed by atoms with Crippen LogP contribution in [0.4, 0.5) is 0 Å². The molecule has 3 rings (SSSR count). The highest BCUT2D eigenvalue weighted by Crippen LogP contribution is 2.29. The van der Waals surface area contributed by atoms with E-state index >= 15 is 0 Å². The average Bonchev–Trinajstić information content (AvgIpc) is 2.92. The van der Waals surface area contributed by atoms with Gasteiger partial charge in [-0.05, 0) is 5.56 Å². The van der Waals surface area contributed by atoms with Crippen molar-refractivity contribution in [3.63, 3.8) is 0 Å². The molecule has 4 nitrogen and oxygen atoms in total. The summed E-state index contributed by atoms with van der Waals surface area (Å²) in [4.78, 5) is 0. The predicted octanol–water partition coefficient (Wildman–Crippen LogP) is 0.730. The zero-order chi connectivity index (χ0) is 11.7. The molecule has 2 saturated heterocycles. The third-order valence-electron chi connectivity index (χ3n) is 3.29. The van der Waals surface area contributed by atoms with Crippen LogP contribution in [0, 0.1) is 0 Å². The van der Waals surface area contributed by atoms with Gasteiger partial charge in [-0.25, -0.2) is 0 Å². The molecule has 1 aromatic rings. The highest BCUT2D eigenvalue weighted by Gasteiger charge is 2.47. The largest absolute Gasteiger partial charge is 0.388 e. The molecule has 1 aromatic carbocycles. The van der Waals surface area contributed by atoms with Gasteiger partial charge in [-0.2, -0.15) is 0 Å². The van der Waals surface area contributed by atoms with Crippen molar-refractivity contribution in [2.45, 2.75) is 31.0 Å². The molecule has 92 valence electrons. The Morgan fingerprint density at radius 3 is 2.71 bits per heavy atom. The van der Waals surface area contributed by atoms with E-state index in [1.54, 1.807) is 0 Å². The number of rotatable bonds is 3. The first-order chi connectivity index (χ1) is 8.34. The van der Waals surface area contributed by atoms with Crippen LogP contribution >= 0.6 is 0 Å². The average molecular weight is 236 g/mol. The van der Waals surface area contributed by atoms with Crippen LogP contribution in [0.1, 0.15) is 5.56 Å². The lowest BCUT2D eigenvalue weighted by Crippen LogP contribution is -2.32. The van der Waals surface area contributed by atoms with Crippen LogP contribution in [0.2, 0.25) is 0 Å². The maximum atomic E-state index is 9.60. The van der Waals surface area contributed by atoms with Gasteiger partial charge in [0, 0.05) is 0 Å². The molecule has 1 unspecified atom stereocenters. The summed E-state index contributed by atoms with van der Waals surface area (Å²) in [6, 6.07) is 10.0. The van der Waals surface area contributed by atoms with Crippen molar-refractivity contribution in [2.24, 2.45) is 0 Å². The van der Waals surface area contributed by atoms with Crippen molar-refractivity contribution in [1.82, 2.24) is 0 Å². The monoisotopic (exact) mass is 236 g/mol. The minimum atomic E-state index is -0.509. The second-order valence-electron chi connectivity index (χ2n) is 4.50. The van der Waals surface area contributed by atoms with E-state index in [9.17, 15) is 5.11 Å². The number of fused-ring (bicyclic) bond motifs is 1. The van der Waals surface area contributed by atoms with Gasteiger partial charge >= 0.3 is 0 Å². The van der Waals surface area contributed by atoms with Gasteiger partial charge < -0.3 is 19.3 Å². The summed E-state index contributed by atoms with van der Waals surface area (Å²) in [7, 11) is 0. The summed E-state index contributed by atoms with van der Waals surface area (Å²) in [5, 5.41) is 9.60. The van der Waals surface area contributed by atoms with E-state index in [1.165, 1.54) is 0 Å². The van der Waals surface area contributed by atoms with E-state index in [4.69, 9.17) is 14.2 Å². The van der Waals surface area contributed by atoms with Gasteiger partial charge in [0.1, 0.15) is 24.4 Å². The molecule has 2 fully saturated rings. The van der Waals surface area contributed by atoms with Crippen LogP contribution < -0.4 is 0 Å². The van der Waals surface area contributed by atoms with E-state index in [2.05, 4.69) is 0 Å². The van der Waals surface area contributed by atoms with Crippen molar-refractivity contribution < 1.29 is 19.3 Å². The van der Waals surface area contributed by atoms with Gasteiger partial charge in [-0.3, -0.25) is 0 Å². The molecule has 2 aliphatic heterocycles. The Hall–Kier alpha value is -0.940. The molecular weight excluding hydrogens is 220 g/mol. The minimum Gasteiger partial charge on any atom is -0.388 e. The minimum absolute atomic E-state index is 0.0719. The van der Waals surface area contributed by atoms with Crippen molar-refractivity contribution in [3.8, 4) is 0 Å². The summed E-state index contributed by atoms with van der Waals surface area (Å²) in [6.07, 6.45) is -0.910. The van der Waals surface area contributed by atoms with Gasteiger partial charge in [-0.15, -0.1) is 0 Å². The third-order valence-corrected chi connectivity index (χ3v) is 3.29. The Kier molecular flexibility index (Phi) is 3.11. The van der Waals surface area contributed by atoms with E-state index < -0.39 is 6.10 Å². The van der Waals surface area contributed by atoms with E-state index in [0.717, 1.165) is 5.56 Å². The Morgan fingerprint density at radius 2 is 1.88 bits per heavy atom. The third kappa shape index (κ3) is 2.21. The molecule has 0 spiro atoms. The fourth-order valence-corrected chi connectivity index (χ4v) is 2.36. The number of aliphatic hydroxyl groups excluding tert-OH is 1. The summed E-state index contributed by atoms with van der Waals surface area (Å²) in [6.45, 7) is 1.40. The molecule has 0 aromatic heterocycles. The number of hydrogen-bond donors (Lipinski definition) is 1. The van der Waals surface area contributed by atoms with E-state index in [0.29, 0.717) is 19.8 Å². The van der Waals surface area contributed by atoms with Gasteiger partial charge in [0.25, 0.3) is 0 Å². The second kappa shape index (κ2) is 4.74. The van der Waals surface area contributed by atoms with E-state index in [1.807, 2.05) is 30.3 Å². The predicted molar refractivity (Wildman–Crippen MR) is 60.5 cm³/mol. The van der Waals surface area contributed by atoms with Gasteiger partial charge in [-0.1, -0.05) is 30.3 Å². The lowest BCUT2D eigenvalue weighted by atomic mass is 10.1. The summed E-state index contributed by atoms with van der Waals surface area (Å²) >= 11 is 0. The van der Waals surface area contributed by atoms with Gasteiger partial charge in [0.2, 0.25) is 0 Å². The number of benzene rings is 1. The van der Waals surface area contributed by atoms with Crippen LogP contribution in [-0.4, -0.2) is 42.7 Å². The quantitative estimate of drug-likeness (QED) is 0.840. The zero-order valence-electron chi connectivity index (χ0n) is 9.49. The molecular formula is C13H16O4. The highest BCUT2D eigenvalue weighted by atomic mass is 16.6. The molecule has 2 heterocycles. The molecule has 4 atom stereocenters. The summed E-state index contributed by atoms with van der Waals surface area (Å²) in [5.74, 6) is 0. The standard InChI is InChI=1S/C13H16O4/c14-10-7-16-13-11(8-17-12(10)13)15-6-9-4-2-1-3-5-9/h1-5,10-14H,6-8H2/t10?,11-,12+,13+/m0/s1. The van der Waals surface area contributed by atoms with Gasteiger partial charge in [0.15, 0.2) is 0 Å². The molecule has 0 radical (unpaired) electrons. The van der Waals surface area contributed by atoms with E-state index in [-0.39, 0.29) is 18.3 Å². The van der Waals surface area contributed by atoms with Gasteiger partial charge in [0.05, 0.1) is 19.8 Å². The maximum Gasteiger partial charge on any atom is 0.115 e. The Bertz CT molecular complexity index is 367. The molecule has 0 aliphatic carbocycles. The van der Waals surface area contributed by atoms with Crippen LogP contribution in [0.25, 0.3) is 0 Å². The zero-order valence-corrected chi connectivity index (χ0v) is 9.49. The first-order valence-corrected chi connectivity index (χ1v) is 5.91. The topological polar surface area (TPSA) is 47.9 Å². The van der Waals surface area contributed by atoms with Crippen LogP contribution in [0.5, 0.6) is 0 Å². The van der Waals surface area contributed by atoms with Crippen molar-refractivity contribution in [2.75, 3.05) is 13.2 Å². The fourth-order valence-electron chi connectivity index (χ4n) is 2.36. The lowest BCUT2D eigenvalue weighted by Gasteiger charge is -2.16. The van der Waals surface area contributed by atoms with Crippen molar-refractivity contribution >= 4 is 0 Å². The second-order valence-corrected chi connectivity index (χ2v) is 4.50. The first-order valence-electron chi connectivity index (χ1n) is 5.91. The lowest BCUT2D eigenvalue weighted by molar-refractivity contribution is -0.0439. The molecule has 2 aliphatic rings. The highest BCUT2D eigenvalue weighted by molar-refractivity contribution is 5.13. The smallest absolute Gasteiger partial charge is 0.115 e. The summed E-state index contributed by atoms with van der Waals surface area (Å²) < 4.78 is 16.8. The SMILES string of the molecule is OC1CO[C@@H]2[C@@H](OCc3ccccc3)CO[C@H]12. The number of ether oxygens (including phenoxy) is 3. The van der Waals surface area contributed by atoms with Crippen LogP contribution in [0.3, 0.4) is 0 Å². The van der Waals surface area contributed by atoms with Crippen LogP contribution in [0.15, 0.2) is 30.3 Å². The summed E-state index contributed by atoms with van der Waals surface area (Å²) in [5.41, 5.74) is 1.13. The maximum absolute atomic E-state index is 9.60. The molecule has 1 N–H and O–H groups in total. The first kappa shape index (κ1) is 11.2. The number of hydrogen-bond acceptors (Lipinski definition) is 4. The Balaban J connectivity index is 1.57. The molecule has 4 heteroatoms. The molecule has 17 heavy (non-hydrogen) atoms. The molecule has 0 amide bonds. The van der Waals surface area contributed by atoms with Crippen LogP contribution in [-0.2, 0) is 20.8 Å². The Labute approximate surface area is 100 Å². The fraction of sp³-hybridized carbons (Fsp3) is 0.538. The normalized spacial score (nSPS) is 36.1. The molecule has 0 bridgehead atoms. The Morgan fingerprint density at radius 1 is 1.12 bits per heavy atom. The van der Waals surface area contributed by atoms with Crippen molar-refractivity contribution in [3.05, 3.63) is 35.9 Å². The molecule has 0 saturated carbocycles. The number of aliphatic hydroxyl groups is 1.